The van der Waals surface area contributed by atoms with Crippen LogP contribution >= 0.6 is 27.5 Å². The second-order valence-corrected chi connectivity index (χ2v) is 5.48. The maximum absolute atomic E-state index is 12.1. The normalized spacial score (nSPS) is 14.0. The van der Waals surface area contributed by atoms with Gasteiger partial charge in [-0.3, -0.25) is 4.79 Å². The SMILES string of the molecule is O=C(O)CN(C(=O)Nc1cccc(Cl)c1Br)C1CC1. The Kier molecular flexibility index (Phi) is 4.31. The first-order valence-electron chi connectivity index (χ1n) is 5.72. The minimum Gasteiger partial charge on any atom is -0.480 e. The lowest BCUT2D eigenvalue weighted by Crippen LogP contribution is -2.40. The number of halogens is 2. The summed E-state index contributed by atoms with van der Waals surface area (Å²) >= 11 is 9.21. The summed E-state index contributed by atoms with van der Waals surface area (Å²) in [6, 6.07) is 4.69. The van der Waals surface area contributed by atoms with E-state index in [9.17, 15) is 9.59 Å². The molecule has 1 aromatic carbocycles. The van der Waals surface area contributed by atoms with Gasteiger partial charge in [0.2, 0.25) is 0 Å². The molecule has 7 heteroatoms. The molecule has 19 heavy (non-hydrogen) atoms. The van der Waals surface area contributed by atoms with Crippen molar-refractivity contribution < 1.29 is 14.7 Å². The quantitative estimate of drug-likeness (QED) is 0.879. The fourth-order valence-electron chi connectivity index (χ4n) is 1.69. The molecule has 1 fully saturated rings. The largest absolute Gasteiger partial charge is 0.480 e. The first-order valence-corrected chi connectivity index (χ1v) is 6.89. The summed E-state index contributed by atoms with van der Waals surface area (Å²) in [4.78, 5) is 24.2. The van der Waals surface area contributed by atoms with Crippen LogP contribution in [0.15, 0.2) is 22.7 Å². The summed E-state index contributed by atoms with van der Waals surface area (Å²) in [5.41, 5.74) is 0.522. The van der Waals surface area contributed by atoms with Gasteiger partial charge in [0.15, 0.2) is 0 Å². The minimum absolute atomic E-state index is 0.0223. The van der Waals surface area contributed by atoms with E-state index in [1.54, 1.807) is 18.2 Å². The predicted molar refractivity (Wildman–Crippen MR) is 75.5 cm³/mol. The summed E-state index contributed by atoms with van der Waals surface area (Å²) in [5, 5.41) is 12.0. The number of rotatable bonds is 4. The van der Waals surface area contributed by atoms with Gasteiger partial charge in [0.1, 0.15) is 6.54 Å². The van der Waals surface area contributed by atoms with E-state index in [1.807, 2.05) is 0 Å². The number of carboxylic acid groups (broad SMARTS) is 1. The molecule has 1 saturated carbocycles. The zero-order valence-electron chi connectivity index (χ0n) is 9.90. The van der Waals surface area contributed by atoms with E-state index in [4.69, 9.17) is 16.7 Å². The number of aliphatic carboxylic acids is 1. The monoisotopic (exact) mass is 346 g/mol. The van der Waals surface area contributed by atoms with Gasteiger partial charge in [0, 0.05) is 6.04 Å². The number of carbonyl (C=O) groups excluding carboxylic acids is 1. The Morgan fingerprint density at radius 2 is 2.16 bits per heavy atom. The van der Waals surface area contributed by atoms with Crippen LogP contribution in [-0.4, -0.2) is 34.6 Å². The number of amides is 2. The highest BCUT2D eigenvalue weighted by molar-refractivity contribution is 9.10. The Morgan fingerprint density at radius 1 is 1.47 bits per heavy atom. The van der Waals surface area contributed by atoms with Crippen molar-refractivity contribution in [3.63, 3.8) is 0 Å². The first kappa shape index (κ1) is 14.1. The van der Waals surface area contributed by atoms with Gasteiger partial charge in [-0.1, -0.05) is 17.7 Å². The maximum Gasteiger partial charge on any atom is 0.323 e. The lowest BCUT2D eigenvalue weighted by atomic mass is 10.3. The highest BCUT2D eigenvalue weighted by atomic mass is 79.9. The van der Waals surface area contributed by atoms with Crippen molar-refractivity contribution in [2.24, 2.45) is 0 Å². The highest BCUT2D eigenvalue weighted by Gasteiger charge is 2.34. The molecule has 2 amide bonds. The molecule has 0 bridgehead atoms. The Morgan fingerprint density at radius 3 is 2.74 bits per heavy atom. The fraction of sp³-hybridized carbons (Fsp3) is 0.333. The van der Waals surface area contributed by atoms with Gasteiger partial charge in [-0.2, -0.15) is 0 Å². The molecule has 5 nitrogen and oxygen atoms in total. The molecule has 0 heterocycles. The van der Waals surface area contributed by atoms with E-state index < -0.39 is 12.0 Å². The Bertz CT molecular complexity index is 520. The number of hydrogen-bond acceptors (Lipinski definition) is 2. The third-order valence-corrected chi connectivity index (χ3v) is 4.14. The summed E-state index contributed by atoms with van der Waals surface area (Å²) in [6.45, 7) is -0.297. The fourth-order valence-corrected chi connectivity index (χ4v) is 2.22. The molecule has 0 unspecified atom stereocenters. The second kappa shape index (κ2) is 5.79. The smallest absolute Gasteiger partial charge is 0.323 e. The molecule has 0 saturated heterocycles. The van der Waals surface area contributed by atoms with Crippen LogP contribution in [0.4, 0.5) is 10.5 Å². The summed E-state index contributed by atoms with van der Waals surface area (Å²) in [6.07, 6.45) is 1.69. The number of hydrogen-bond donors (Lipinski definition) is 2. The molecular formula is C12H12BrClN2O3. The number of nitrogens with one attached hydrogen (secondary N) is 1. The van der Waals surface area contributed by atoms with E-state index in [-0.39, 0.29) is 12.6 Å². The number of anilines is 1. The molecular weight excluding hydrogens is 336 g/mol. The molecule has 1 aliphatic rings. The van der Waals surface area contributed by atoms with Crippen molar-refractivity contribution in [1.29, 1.82) is 0 Å². The van der Waals surface area contributed by atoms with Crippen molar-refractivity contribution in [1.82, 2.24) is 4.90 Å². The zero-order chi connectivity index (χ0) is 14.0. The van der Waals surface area contributed by atoms with Crippen molar-refractivity contribution in [3.8, 4) is 0 Å². The summed E-state index contributed by atoms with van der Waals surface area (Å²) in [5.74, 6) is -1.02. The average Bonchev–Trinajstić information content (AvgIpc) is 3.16. The molecule has 2 N–H and O–H groups in total. The van der Waals surface area contributed by atoms with E-state index in [0.29, 0.717) is 15.2 Å². The molecule has 0 atom stereocenters. The third-order valence-electron chi connectivity index (χ3n) is 2.75. The topological polar surface area (TPSA) is 69.6 Å². The lowest BCUT2D eigenvalue weighted by molar-refractivity contribution is -0.137. The maximum atomic E-state index is 12.1. The van der Waals surface area contributed by atoms with Gasteiger partial charge in [-0.25, -0.2) is 4.79 Å². The standard InChI is InChI=1S/C12H12BrClN2O3/c13-11-8(14)2-1-3-9(11)15-12(19)16(6-10(17)18)7-4-5-7/h1-3,7H,4-6H2,(H,15,19)(H,17,18). The first-order chi connectivity index (χ1) is 8.99. The zero-order valence-corrected chi connectivity index (χ0v) is 12.2. The van der Waals surface area contributed by atoms with Crippen LogP contribution in [0.25, 0.3) is 0 Å². The van der Waals surface area contributed by atoms with Crippen LogP contribution in [0.5, 0.6) is 0 Å². The van der Waals surface area contributed by atoms with E-state index in [2.05, 4.69) is 21.2 Å². The summed E-state index contributed by atoms with van der Waals surface area (Å²) in [7, 11) is 0. The van der Waals surface area contributed by atoms with Gasteiger partial charge in [0.05, 0.1) is 15.2 Å². The van der Waals surface area contributed by atoms with Crippen molar-refractivity contribution in [3.05, 3.63) is 27.7 Å². The van der Waals surface area contributed by atoms with Crippen LogP contribution in [0.3, 0.4) is 0 Å². The highest BCUT2D eigenvalue weighted by Crippen LogP contribution is 2.31. The lowest BCUT2D eigenvalue weighted by Gasteiger charge is -2.21. The van der Waals surface area contributed by atoms with Crippen molar-refractivity contribution >= 4 is 45.2 Å². The Balaban J connectivity index is 2.10. The number of carbonyl (C=O) groups is 2. The molecule has 2 rings (SSSR count). The number of carboxylic acids is 1. The molecule has 0 aliphatic heterocycles. The third kappa shape index (κ3) is 3.61. The predicted octanol–water partition coefficient (Wildman–Crippen LogP) is 3.18. The van der Waals surface area contributed by atoms with Gasteiger partial charge in [-0.05, 0) is 40.9 Å². The van der Waals surface area contributed by atoms with E-state index in [1.165, 1.54) is 4.90 Å². The van der Waals surface area contributed by atoms with Crippen LogP contribution in [0.1, 0.15) is 12.8 Å². The van der Waals surface area contributed by atoms with Crippen LogP contribution < -0.4 is 5.32 Å². The van der Waals surface area contributed by atoms with E-state index >= 15 is 0 Å². The van der Waals surface area contributed by atoms with Gasteiger partial charge < -0.3 is 15.3 Å². The molecule has 0 radical (unpaired) electrons. The Hall–Kier alpha value is -1.27. The number of benzene rings is 1. The van der Waals surface area contributed by atoms with Gasteiger partial charge in [0.25, 0.3) is 0 Å². The molecule has 0 aromatic heterocycles. The number of nitrogens with zero attached hydrogens (tertiary/aromatic N) is 1. The van der Waals surface area contributed by atoms with Crippen molar-refractivity contribution in [2.75, 3.05) is 11.9 Å². The van der Waals surface area contributed by atoms with E-state index in [0.717, 1.165) is 12.8 Å². The molecule has 102 valence electrons. The molecule has 1 aliphatic carbocycles. The molecule has 0 spiro atoms. The van der Waals surface area contributed by atoms with Gasteiger partial charge in [-0.15, -0.1) is 0 Å². The molecule has 1 aromatic rings. The Labute approximate surface area is 123 Å². The van der Waals surface area contributed by atoms with Crippen LogP contribution in [0, 0.1) is 0 Å². The van der Waals surface area contributed by atoms with Crippen LogP contribution in [0.2, 0.25) is 5.02 Å². The number of urea groups is 1. The van der Waals surface area contributed by atoms with Gasteiger partial charge >= 0.3 is 12.0 Å². The van der Waals surface area contributed by atoms with Crippen molar-refractivity contribution in [2.45, 2.75) is 18.9 Å². The second-order valence-electron chi connectivity index (χ2n) is 4.28. The van der Waals surface area contributed by atoms with Crippen LogP contribution in [-0.2, 0) is 4.79 Å². The minimum atomic E-state index is -1.02. The summed E-state index contributed by atoms with van der Waals surface area (Å²) < 4.78 is 0.580. The average molecular weight is 348 g/mol.